The van der Waals surface area contributed by atoms with Gasteiger partial charge in [0, 0.05) is 24.1 Å². The van der Waals surface area contributed by atoms with Gasteiger partial charge in [-0.05, 0) is 52.2 Å². The van der Waals surface area contributed by atoms with Gasteiger partial charge in [0.2, 0.25) is 11.8 Å². The maximum atomic E-state index is 16.2. The highest BCUT2D eigenvalue weighted by Gasteiger charge is 2.43. The lowest BCUT2D eigenvalue weighted by atomic mass is 10.0. The molecular formula is C34H43FN4O6S. The van der Waals surface area contributed by atoms with Crippen LogP contribution in [0.15, 0.2) is 48.0 Å². The summed E-state index contributed by atoms with van der Waals surface area (Å²) in [6.45, 7) is 12.2. The zero-order valence-electron chi connectivity index (χ0n) is 27.3. The smallest absolute Gasteiger partial charge is 0.408 e. The number of aliphatic hydroxyl groups excluding tert-OH is 1. The normalized spacial score (nSPS) is 17.8. The number of alkyl carbamates (subject to hydrolysis) is 1. The summed E-state index contributed by atoms with van der Waals surface area (Å²) in [6, 6.07) is 10.0. The van der Waals surface area contributed by atoms with Crippen LogP contribution in [-0.4, -0.2) is 63.2 Å². The molecule has 0 saturated carbocycles. The predicted octanol–water partition coefficient (Wildman–Crippen LogP) is 5.52. The molecule has 2 aromatic carbocycles. The number of aromatic nitrogens is 1. The van der Waals surface area contributed by atoms with Gasteiger partial charge in [-0.25, -0.2) is 14.2 Å². The van der Waals surface area contributed by atoms with Crippen LogP contribution >= 0.6 is 11.3 Å². The highest BCUT2D eigenvalue weighted by atomic mass is 32.1. The van der Waals surface area contributed by atoms with E-state index < -0.39 is 53.6 Å². The Morgan fingerprint density at radius 3 is 2.41 bits per heavy atom. The van der Waals surface area contributed by atoms with E-state index >= 15 is 4.39 Å². The number of thiazole rings is 1. The summed E-state index contributed by atoms with van der Waals surface area (Å²) in [5, 5.41) is 16.0. The minimum atomic E-state index is -1.01. The first kappa shape index (κ1) is 34.8. The molecular weight excluding hydrogens is 611 g/mol. The van der Waals surface area contributed by atoms with Crippen LogP contribution in [0.4, 0.5) is 9.18 Å². The van der Waals surface area contributed by atoms with Crippen LogP contribution in [0.25, 0.3) is 10.4 Å². The van der Waals surface area contributed by atoms with E-state index in [1.165, 1.54) is 16.2 Å². The third kappa shape index (κ3) is 8.41. The van der Waals surface area contributed by atoms with E-state index in [0.717, 1.165) is 5.56 Å². The number of ether oxygens (including phenoxy) is 2. The molecule has 1 aromatic heterocycles. The fourth-order valence-electron chi connectivity index (χ4n) is 5.34. The standard InChI is InChI=1S/C34H43FN4O6S/c1-19(2)28(38-33(43)45-34(5,6)7)32(42)39-16-23(40)15-26(39)31(41)37-20(3)24-13-14-25(30-21(4)36-18-46-30)27(35)29(24)44-17-22-11-9-8-10-12-22/h8-14,18-20,23,26,28,40H,15-17H2,1-7H3,(H,37,41)(H,38,43)/t20-,23+,26-,28-/m0/s1. The maximum Gasteiger partial charge on any atom is 0.408 e. The second-order valence-corrected chi connectivity index (χ2v) is 13.7. The molecule has 4 atom stereocenters. The zero-order valence-corrected chi connectivity index (χ0v) is 28.1. The average Bonchev–Trinajstić information content (AvgIpc) is 3.59. The summed E-state index contributed by atoms with van der Waals surface area (Å²) in [5.41, 5.74) is 3.18. The minimum Gasteiger partial charge on any atom is -0.485 e. The number of nitrogens with zero attached hydrogens (tertiary/aromatic N) is 2. The Morgan fingerprint density at radius 1 is 1.11 bits per heavy atom. The number of aryl methyl sites for hydroxylation is 1. The molecule has 1 saturated heterocycles. The van der Waals surface area contributed by atoms with Crippen molar-refractivity contribution in [3.63, 3.8) is 0 Å². The van der Waals surface area contributed by atoms with Crippen molar-refractivity contribution in [2.75, 3.05) is 6.54 Å². The second-order valence-electron chi connectivity index (χ2n) is 12.9. The average molecular weight is 655 g/mol. The summed E-state index contributed by atoms with van der Waals surface area (Å²) in [6.07, 6.45) is -1.68. The second kappa shape index (κ2) is 14.6. The Morgan fingerprint density at radius 2 is 1.80 bits per heavy atom. The van der Waals surface area contributed by atoms with Crippen molar-refractivity contribution in [2.24, 2.45) is 5.92 Å². The third-order valence-corrected chi connectivity index (χ3v) is 8.60. The molecule has 0 aliphatic carbocycles. The number of benzene rings is 2. The molecule has 0 unspecified atom stereocenters. The third-order valence-electron chi connectivity index (χ3n) is 7.64. The van der Waals surface area contributed by atoms with E-state index in [1.807, 2.05) is 37.3 Å². The lowest BCUT2D eigenvalue weighted by molar-refractivity contribution is -0.141. The van der Waals surface area contributed by atoms with E-state index in [-0.39, 0.29) is 31.2 Å². The Labute approximate surface area is 273 Å². The Kier molecular flexibility index (Phi) is 11.1. The molecule has 1 aliphatic heterocycles. The summed E-state index contributed by atoms with van der Waals surface area (Å²) in [4.78, 5) is 46.1. The van der Waals surface area contributed by atoms with Gasteiger partial charge >= 0.3 is 6.09 Å². The number of amides is 3. The number of carbonyl (C=O) groups is 3. The molecule has 3 amide bonds. The van der Waals surface area contributed by atoms with Gasteiger partial charge in [0.15, 0.2) is 11.6 Å². The fourth-order valence-corrected chi connectivity index (χ4v) is 6.17. The van der Waals surface area contributed by atoms with Crippen molar-refractivity contribution in [2.45, 2.75) is 91.3 Å². The summed E-state index contributed by atoms with van der Waals surface area (Å²) in [5.74, 6) is -1.92. The van der Waals surface area contributed by atoms with Crippen molar-refractivity contribution in [3.8, 4) is 16.2 Å². The molecule has 1 aliphatic rings. The maximum absolute atomic E-state index is 16.2. The van der Waals surface area contributed by atoms with E-state index in [2.05, 4.69) is 15.6 Å². The van der Waals surface area contributed by atoms with Gasteiger partial charge in [-0.3, -0.25) is 9.59 Å². The van der Waals surface area contributed by atoms with Crippen molar-refractivity contribution in [1.82, 2.24) is 20.5 Å². The van der Waals surface area contributed by atoms with E-state index in [0.29, 0.717) is 21.7 Å². The molecule has 4 rings (SSSR count). The fraction of sp³-hybridized carbons (Fsp3) is 0.471. The number of β-amino-alcohol motifs (C(OH)–C–C–N with tert-alkyl or cyclic N) is 1. The molecule has 248 valence electrons. The number of hydrogen-bond donors (Lipinski definition) is 3. The number of likely N-dealkylation sites (tertiary alicyclic amines) is 1. The minimum absolute atomic E-state index is 0.00257. The van der Waals surface area contributed by atoms with Gasteiger partial charge in [0.05, 0.1) is 28.2 Å². The Hall–Kier alpha value is -4.03. The lowest BCUT2D eigenvalue weighted by Gasteiger charge is -2.31. The molecule has 46 heavy (non-hydrogen) atoms. The van der Waals surface area contributed by atoms with Gasteiger partial charge in [-0.2, -0.15) is 0 Å². The lowest BCUT2D eigenvalue weighted by Crippen LogP contribution is -2.56. The SMILES string of the molecule is Cc1ncsc1-c1ccc([C@H](C)NC(=O)[C@@H]2C[C@@H](O)CN2C(=O)[C@@H](NC(=O)OC(C)(C)C)C(C)C)c(OCc2ccccc2)c1F. The van der Waals surface area contributed by atoms with E-state index in [9.17, 15) is 19.5 Å². The topological polar surface area (TPSA) is 130 Å². The van der Waals surface area contributed by atoms with Crippen molar-refractivity contribution in [1.29, 1.82) is 0 Å². The van der Waals surface area contributed by atoms with Crippen molar-refractivity contribution < 1.29 is 33.4 Å². The largest absolute Gasteiger partial charge is 0.485 e. The summed E-state index contributed by atoms with van der Waals surface area (Å²) >= 11 is 1.32. The van der Waals surface area contributed by atoms with Crippen LogP contribution in [0.1, 0.15) is 70.8 Å². The van der Waals surface area contributed by atoms with Crippen LogP contribution in [0.2, 0.25) is 0 Å². The van der Waals surface area contributed by atoms with Crippen LogP contribution in [-0.2, 0) is 20.9 Å². The first-order valence-corrected chi connectivity index (χ1v) is 16.2. The first-order valence-electron chi connectivity index (χ1n) is 15.3. The van der Waals surface area contributed by atoms with Gasteiger partial charge in [-0.15, -0.1) is 11.3 Å². The van der Waals surface area contributed by atoms with Gasteiger partial charge in [0.25, 0.3) is 0 Å². The Balaban J connectivity index is 1.57. The summed E-state index contributed by atoms with van der Waals surface area (Å²) < 4.78 is 27.6. The molecule has 10 nitrogen and oxygen atoms in total. The number of nitrogens with one attached hydrogen (secondary N) is 2. The number of hydrogen-bond acceptors (Lipinski definition) is 8. The zero-order chi connectivity index (χ0) is 33.8. The van der Waals surface area contributed by atoms with Gasteiger partial charge in [0.1, 0.15) is 24.3 Å². The molecule has 1 fully saturated rings. The number of carbonyl (C=O) groups excluding carboxylic acids is 3. The van der Waals surface area contributed by atoms with Gasteiger partial charge < -0.3 is 30.1 Å². The quantitative estimate of drug-likeness (QED) is 0.262. The highest BCUT2D eigenvalue weighted by Crippen LogP contribution is 2.38. The van der Waals surface area contributed by atoms with Crippen molar-refractivity contribution >= 4 is 29.2 Å². The molecule has 3 N–H and O–H groups in total. The Bertz CT molecular complexity index is 1540. The molecule has 12 heteroatoms. The molecule has 2 heterocycles. The molecule has 0 spiro atoms. The van der Waals surface area contributed by atoms with Crippen LogP contribution < -0.4 is 15.4 Å². The van der Waals surface area contributed by atoms with Crippen LogP contribution in [0.3, 0.4) is 0 Å². The van der Waals surface area contributed by atoms with E-state index in [1.54, 1.807) is 59.2 Å². The number of halogens is 1. The van der Waals surface area contributed by atoms with Crippen LogP contribution in [0, 0.1) is 18.7 Å². The number of aliphatic hydroxyl groups is 1. The van der Waals surface area contributed by atoms with Crippen LogP contribution in [0.5, 0.6) is 5.75 Å². The molecule has 3 aromatic rings. The molecule has 0 bridgehead atoms. The first-order chi connectivity index (χ1) is 21.7. The molecule has 0 radical (unpaired) electrons. The van der Waals surface area contributed by atoms with Gasteiger partial charge in [-0.1, -0.05) is 50.2 Å². The number of rotatable bonds is 10. The van der Waals surface area contributed by atoms with Crippen molar-refractivity contribution in [3.05, 3.63) is 70.6 Å². The monoisotopic (exact) mass is 654 g/mol. The predicted molar refractivity (Wildman–Crippen MR) is 174 cm³/mol. The summed E-state index contributed by atoms with van der Waals surface area (Å²) in [7, 11) is 0. The van der Waals surface area contributed by atoms with E-state index in [4.69, 9.17) is 9.47 Å². The highest BCUT2D eigenvalue weighted by molar-refractivity contribution is 7.13.